The van der Waals surface area contributed by atoms with Crippen LogP contribution in [-0.4, -0.2) is 36.0 Å². The number of hydrogen-bond donors (Lipinski definition) is 1. The van der Waals surface area contributed by atoms with Crippen molar-refractivity contribution in [2.45, 2.75) is 31.0 Å². The Hall–Kier alpha value is -2.19. The van der Waals surface area contributed by atoms with Crippen molar-refractivity contribution in [1.29, 1.82) is 0 Å². The second-order valence-corrected chi connectivity index (χ2v) is 6.33. The van der Waals surface area contributed by atoms with E-state index in [4.69, 9.17) is 10.5 Å². The molecule has 2 aromatic rings. The average molecular weight is 350 g/mol. The fourth-order valence-electron chi connectivity index (χ4n) is 2.05. The predicted octanol–water partition coefficient (Wildman–Crippen LogP) is 0.724. The number of carbonyl (C=O) groups is 1. The van der Waals surface area contributed by atoms with Gasteiger partial charge in [0.05, 0.1) is 18.8 Å². The third-order valence-electron chi connectivity index (χ3n) is 3.16. The van der Waals surface area contributed by atoms with Crippen LogP contribution in [0.5, 0.6) is 5.75 Å². The molecule has 0 aliphatic carbocycles. The van der Waals surface area contributed by atoms with Gasteiger partial charge in [0, 0.05) is 17.5 Å². The topological polar surface area (TPSA) is 109 Å². The van der Waals surface area contributed by atoms with E-state index in [0.29, 0.717) is 10.6 Å². The van der Waals surface area contributed by atoms with Crippen molar-refractivity contribution in [1.82, 2.24) is 4.98 Å². The van der Waals surface area contributed by atoms with Gasteiger partial charge in [-0.3, -0.25) is 14.4 Å². The van der Waals surface area contributed by atoms with Crippen molar-refractivity contribution in [3.8, 4) is 16.9 Å². The first-order valence-electron chi connectivity index (χ1n) is 7.28. The number of hydrogen-bond acceptors (Lipinski definition) is 8. The largest absolute Gasteiger partial charge is 0.486 e. The minimum atomic E-state index is -0.811. The molecule has 0 aliphatic rings. The molecule has 0 spiro atoms. The predicted molar refractivity (Wildman–Crippen MR) is 91.1 cm³/mol. The van der Waals surface area contributed by atoms with Gasteiger partial charge in [-0.25, -0.2) is 4.98 Å². The molecule has 7 nitrogen and oxygen atoms in total. The van der Waals surface area contributed by atoms with Gasteiger partial charge in [0.1, 0.15) is 11.1 Å². The van der Waals surface area contributed by atoms with E-state index in [1.807, 2.05) is 0 Å². The lowest BCUT2D eigenvalue weighted by Gasteiger charge is -2.17. The average Bonchev–Trinajstić information content (AvgIpc) is 2.58. The molecule has 24 heavy (non-hydrogen) atoms. The van der Waals surface area contributed by atoms with Gasteiger partial charge in [-0.05, 0) is 26.0 Å². The maximum absolute atomic E-state index is 12.0. The molecule has 1 atom stereocenters. The van der Waals surface area contributed by atoms with Crippen LogP contribution in [0.2, 0.25) is 0 Å². The molecule has 1 heterocycles. The summed E-state index contributed by atoms with van der Waals surface area (Å²) in [5.41, 5.74) is 5.19. The highest BCUT2D eigenvalue weighted by atomic mass is 32.2. The fraction of sp³-hybridized carbons (Fsp3) is 0.375. The quantitative estimate of drug-likeness (QED) is 0.442. The number of rotatable bonds is 7. The molecular weight excluding hydrogens is 332 g/mol. The van der Waals surface area contributed by atoms with Gasteiger partial charge >= 0.3 is 5.97 Å². The Kier molecular flexibility index (Phi) is 5.74. The van der Waals surface area contributed by atoms with Crippen LogP contribution < -0.4 is 21.3 Å². The number of nitrogens with two attached hydrogens (primary N) is 1. The van der Waals surface area contributed by atoms with Crippen LogP contribution in [0.15, 0.2) is 32.9 Å². The van der Waals surface area contributed by atoms with Crippen LogP contribution in [0.25, 0.3) is 11.1 Å². The Balaban J connectivity index is 2.30. The molecule has 0 bridgehead atoms. The molecule has 8 heteroatoms. The Morgan fingerprint density at radius 2 is 2.04 bits per heavy atom. The Bertz CT molecular complexity index is 811. The van der Waals surface area contributed by atoms with Crippen molar-refractivity contribution in [3.63, 3.8) is 0 Å². The van der Waals surface area contributed by atoms with Crippen LogP contribution in [-0.2, 0) is 9.53 Å². The molecule has 2 N–H and O–H groups in total. The first-order chi connectivity index (χ1) is 11.4. The van der Waals surface area contributed by atoms with Crippen LogP contribution in [0, 0.1) is 0 Å². The number of thioether (sulfide) groups is 1. The number of ether oxygens (including phenoxy) is 2. The molecule has 0 aliphatic heterocycles. The summed E-state index contributed by atoms with van der Waals surface area (Å²) in [6.07, 6.45) is 1.33. The fourth-order valence-corrected chi connectivity index (χ4v) is 2.98. The standard InChI is InChI=1S/C16H18N2O5S/c1-8(2)23-14-11(12(19)13(14)20)9-5-4-6-18-15(9)24-7-10(17)16(21)22-3/h4-6,8,10H,7,17H2,1-3H3/t10-/m1/s1. The van der Waals surface area contributed by atoms with Gasteiger partial charge in [-0.2, -0.15) is 0 Å². The molecule has 1 aromatic heterocycles. The summed E-state index contributed by atoms with van der Waals surface area (Å²) in [5.74, 6) is -0.244. The van der Waals surface area contributed by atoms with E-state index in [2.05, 4.69) is 9.72 Å². The van der Waals surface area contributed by atoms with Gasteiger partial charge in [0.25, 0.3) is 5.43 Å². The SMILES string of the molecule is COC(=O)[C@H](N)CSc1ncccc1-c1c(OC(C)C)c(=O)c1=O. The third kappa shape index (κ3) is 3.65. The molecule has 0 unspecified atom stereocenters. The van der Waals surface area contributed by atoms with E-state index in [1.54, 1.807) is 32.2 Å². The number of carbonyl (C=O) groups excluding carboxylic acids is 1. The molecular formula is C16H18N2O5S. The van der Waals surface area contributed by atoms with Crippen molar-refractivity contribution in [2.24, 2.45) is 5.73 Å². The first kappa shape index (κ1) is 18.2. The summed E-state index contributed by atoms with van der Waals surface area (Å²) in [4.78, 5) is 39.3. The summed E-state index contributed by atoms with van der Waals surface area (Å²) < 4.78 is 10.0. The van der Waals surface area contributed by atoms with Gasteiger partial charge in [-0.1, -0.05) is 0 Å². The Morgan fingerprint density at radius 1 is 1.33 bits per heavy atom. The number of esters is 1. The van der Waals surface area contributed by atoms with Crippen LogP contribution in [0.4, 0.5) is 0 Å². The van der Waals surface area contributed by atoms with Crippen molar-refractivity contribution >= 4 is 17.7 Å². The highest BCUT2D eigenvalue weighted by Gasteiger charge is 2.27. The van der Waals surface area contributed by atoms with E-state index < -0.39 is 22.9 Å². The summed E-state index contributed by atoms with van der Waals surface area (Å²) >= 11 is 1.21. The molecule has 1 aromatic carbocycles. The number of aromatic nitrogens is 1. The van der Waals surface area contributed by atoms with Gasteiger partial charge in [0.15, 0.2) is 5.75 Å². The number of pyridine rings is 1. The second-order valence-electron chi connectivity index (χ2n) is 5.33. The molecule has 0 saturated heterocycles. The highest BCUT2D eigenvalue weighted by molar-refractivity contribution is 7.99. The van der Waals surface area contributed by atoms with E-state index in [1.165, 1.54) is 18.9 Å². The minimum Gasteiger partial charge on any atom is -0.486 e. The van der Waals surface area contributed by atoms with Gasteiger partial charge in [-0.15, -0.1) is 11.8 Å². The highest BCUT2D eigenvalue weighted by Crippen LogP contribution is 2.33. The summed E-state index contributed by atoms with van der Waals surface area (Å²) in [6.45, 7) is 3.55. The zero-order valence-electron chi connectivity index (χ0n) is 13.6. The van der Waals surface area contributed by atoms with E-state index >= 15 is 0 Å². The molecule has 2 rings (SSSR count). The molecule has 0 saturated carbocycles. The molecule has 0 amide bonds. The van der Waals surface area contributed by atoms with Crippen molar-refractivity contribution < 1.29 is 14.3 Å². The van der Waals surface area contributed by atoms with Crippen molar-refractivity contribution in [3.05, 3.63) is 38.8 Å². The summed E-state index contributed by atoms with van der Waals surface area (Å²) in [7, 11) is 1.26. The second kappa shape index (κ2) is 7.59. The molecule has 0 fully saturated rings. The van der Waals surface area contributed by atoms with E-state index in [-0.39, 0.29) is 23.2 Å². The smallest absolute Gasteiger partial charge is 0.323 e. The normalized spacial score (nSPS) is 12.4. The van der Waals surface area contributed by atoms with E-state index in [0.717, 1.165) is 0 Å². The Morgan fingerprint density at radius 3 is 2.67 bits per heavy atom. The van der Waals surface area contributed by atoms with Gasteiger partial charge in [0.2, 0.25) is 5.43 Å². The molecule has 128 valence electrons. The first-order valence-corrected chi connectivity index (χ1v) is 8.27. The lowest BCUT2D eigenvalue weighted by Crippen LogP contribution is -2.36. The maximum atomic E-state index is 12.0. The van der Waals surface area contributed by atoms with Crippen molar-refractivity contribution in [2.75, 3.05) is 12.9 Å². The minimum absolute atomic E-state index is 0.0575. The van der Waals surface area contributed by atoms with E-state index in [9.17, 15) is 14.4 Å². The maximum Gasteiger partial charge on any atom is 0.323 e. The van der Waals surface area contributed by atoms with Crippen LogP contribution >= 0.6 is 11.8 Å². The summed E-state index contributed by atoms with van der Waals surface area (Å²) in [6, 6.07) is 2.53. The van der Waals surface area contributed by atoms with Gasteiger partial charge < -0.3 is 15.2 Å². The Labute approximate surface area is 142 Å². The van der Waals surface area contributed by atoms with Crippen LogP contribution in [0.3, 0.4) is 0 Å². The zero-order valence-corrected chi connectivity index (χ0v) is 14.4. The lowest BCUT2D eigenvalue weighted by molar-refractivity contribution is -0.141. The zero-order chi connectivity index (χ0) is 17.9. The number of methoxy groups -OCH3 is 1. The summed E-state index contributed by atoms with van der Waals surface area (Å²) in [5, 5.41) is 0.498. The monoisotopic (exact) mass is 350 g/mol. The third-order valence-corrected chi connectivity index (χ3v) is 4.29. The van der Waals surface area contributed by atoms with Crippen LogP contribution in [0.1, 0.15) is 13.8 Å². The number of nitrogens with zero attached hydrogens (tertiary/aromatic N) is 1. The lowest BCUT2D eigenvalue weighted by atomic mass is 10.0. The molecule has 0 radical (unpaired) electrons.